The zero-order valence-electron chi connectivity index (χ0n) is 13.4. The second-order valence-electron chi connectivity index (χ2n) is 5.43. The molecule has 1 amide bonds. The molecular weight excluding hydrogens is 356 g/mol. The Morgan fingerprint density at radius 2 is 2.00 bits per heavy atom. The van der Waals surface area contributed by atoms with Crippen LogP contribution < -0.4 is 10.1 Å². The fraction of sp³-hybridized carbons (Fsp3) is 0.278. The summed E-state index contributed by atoms with van der Waals surface area (Å²) in [6, 6.07) is 15.5. The van der Waals surface area contributed by atoms with Crippen molar-refractivity contribution in [3.63, 3.8) is 0 Å². The van der Waals surface area contributed by atoms with Gasteiger partial charge in [0.2, 0.25) is 5.91 Å². The predicted molar refractivity (Wildman–Crippen MR) is 96.9 cm³/mol. The number of carbonyl (C=O) groups excluding carboxylic acids is 1. The summed E-state index contributed by atoms with van der Waals surface area (Å²) in [4.78, 5) is 14.0. The minimum atomic E-state index is -0.0463. The average molecular weight is 377 g/mol. The first-order chi connectivity index (χ1) is 11.0. The van der Waals surface area contributed by atoms with Gasteiger partial charge in [-0.25, -0.2) is 0 Å². The quantitative estimate of drug-likeness (QED) is 0.800. The van der Waals surface area contributed by atoms with Gasteiger partial charge in [-0.1, -0.05) is 24.3 Å². The van der Waals surface area contributed by atoms with E-state index >= 15 is 0 Å². The fourth-order valence-corrected chi connectivity index (χ4v) is 2.48. The van der Waals surface area contributed by atoms with Crippen LogP contribution in [0.4, 0.5) is 5.69 Å². The van der Waals surface area contributed by atoms with Crippen molar-refractivity contribution in [2.45, 2.75) is 6.92 Å². The SMILES string of the molecule is Cc1cccc(OCCN(C)CC(=O)Nc2ccccc2Br)c1. The maximum absolute atomic E-state index is 12.0. The summed E-state index contributed by atoms with van der Waals surface area (Å²) in [5.74, 6) is 0.811. The van der Waals surface area contributed by atoms with Gasteiger partial charge in [-0.3, -0.25) is 9.69 Å². The molecule has 0 aliphatic carbocycles. The Morgan fingerprint density at radius 3 is 2.74 bits per heavy atom. The number of amides is 1. The Balaban J connectivity index is 1.73. The van der Waals surface area contributed by atoms with Crippen LogP contribution in [0.1, 0.15) is 5.56 Å². The highest BCUT2D eigenvalue weighted by atomic mass is 79.9. The number of nitrogens with one attached hydrogen (secondary N) is 1. The lowest BCUT2D eigenvalue weighted by Crippen LogP contribution is -2.33. The van der Waals surface area contributed by atoms with Crippen LogP contribution in [0.15, 0.2) is 53.0 Å². The van der Waals surface area contributed by atoms with Gasteiger partial charge in [-0.05, 0) is 59.7 Å². The lowest BCUT2D eigenvalue weighted by Gasteiger charge is -2.17. The van der Waals surface area contributed by atoms with E-state index < -0.39 is 0 Å². The van der Waals surface area contributed by atoms with Gasteiger partial charge in [-0.2, -0.15) is 0 Å². The first kappa shape index (κ1) is 17.5. The molecule has 0 fully saturated rings. The van der Waals surface area contributed by atoms with E-state index in [0.29, 0.717) is 19.7 Å². The molecule has 2 aromatic rings. The number of hydrogen-bond donors (Lipinski definition) is 1. The molecule has 5 heteroatoms. The molecule has 0 aliphatic heterocycles. The molecule has 0 aromatic heterocycles. The monoisotopic (exact) mass is 376 g/mol. The van der Waals surface area contributed by atoms with Gasteiger partial charge in [0, 0.05) is 11.0 Å². The number of aryl methyl sites for hydroxylation is 1. The summed E-state index contributed by atoms with van der Waals surface area (Å²) >= 11 is 3.42. The third kappa shape index (κ3) is 6.04. The largest absolute Gasteiger partial charge is 0.492 e. The lowest BCUT2D eigenvalue weighted by atomic mass is 10.2. The first-order valence-corrected chi connectivity index (χ1v) is 8.26. The van der Waals surface area contributed by atoms with Crippen LogP contribution in [0.2, 0.25) is 0 Å². The number of anilines is 1. The number of hydrogen-bond acceptors (Lipinski definition) is 3. The molecular formula is C18H21BrN2O2. The van der Waals surface area contributed by atoms with Crippen molar-refractivity contribution < 1.29 is 9.53 Å². The molecule has 2 aromatic carbocycles. The topological polar surface area (TPSA) is 41.6 Å². The van der Waals surface area contributed by atoms with Crippen molar-refractivity contribution in [1.82, 2.24) is 4.90 Å². The summed E-state index contributed by atoms with van der Waals surface area (Å²) < 4.78 is 6.57. The Hall–Kier alpha value is -1.85. The summed E-state index contributed by atoms with van der Waals surface area (Å²) in [6.07, 6.45) is 0. The number of rotatable bonds is 7. The van der Waals surface area contributed by atoms with Crippen LogP contribution in [-0.4, -0.2) is 37.6 Å². The molecule has 0 atom stereocenters. The predicted octanol–water partition coefficient (Wildman–Crippen LogP) is 3.71. The molecule has 0 heterocycles. The standard InChI is InChI=1S/C18H21BrN2O2/c1-14-6-5-7-15(12-14)23-11-10-21(2)13-18(22)20-17-9-4-3-8-16(17)19/h3-9,12H,10-11,13H2,1-2H3,(H,20,22). The van der Waals surface area contributed by atoms with E-state index in [0.717, 1.165) is 15.9 Å². The van der Waals surface area contributed by atoms with E-state index in [1.165, 1.54) is 5.56 Å². The summed E-state index contributed by atoms with van der Waals surface area (Å²) in [5, 5.41) is 2.89. The zero-order chi connectivity index (χ0) is 16.7. The highest BCUT2D eigenvalue weighted by Crippen LogP contribution is 2.20. The van der Waals surface area contributed by atoms with Crippen LogP contribution >= 0.6 is 15.9 Å². The van der Waals surface area contributed by atoms with E-state index in [-0.39, 0.29) is 5.91 Å². The minimum Gasteiger partial charge on any atom is -0.492 e. The van der Waals surface area contributed by atoms with Crippen molar-refractivity contribution in [2.24, 2.45) is 0 Å². The van der Waals surface area contributed by atoms with E-state index in [2.05, 4.69) is 21.2 Å². The third-order valence-electron chi connectivity index (χ3n) is 3.29. The van der Waals surface area contributed by atoms with Gasteiger partial charge in [-0.15, -0.1) is 0 Å². The van der Waals surface area contributed by atoms with E-state index in [1.807, 2.05) is 67.4 Å². The second kappa shape index (κ2) is 8.70. The normalized spacial score (nSPS) is 10.6. The van der Waals surface area contributed by atoms with Gasteiger partial charge in [0.05, 0.1) is 12.2 Å². The number of ether oxygens (including phenoxy) is 1. The minimum absolute atomic E-state index is 0.0463. The number of likely N-dealkylation sites (N-methyl/N-ethyl adjacent to an activating group) is 1. The number of halogens is 1. The van der Waals surface area contributed by atoms with Gasteiger partial charge in [0.25, 0.3) is 0 Å². The highest BCUT2D eigenvalue weighted by molar-refractivity contribution is 9.10. The van der Waals surface area contributed by atoms with Gasteiger partial charge in [0.15, 0.2) is 0 Å². The Morgan fingerprint density at radius 1 is 1.22 bits per heavy atom. The van der Waals surface area contributed by atoms with Crippen LogP contribution in [0.5, 0.6) is 5.75 Å². The van der Waals surface area contributed by atoms with Crippen molar-refractivity contribution >= 4 is 27.5 Å². The molecule has 23 heavy (non-hydrogen) atoms. The molecule has 122 valence electrons. The molecule has 2 rings (SSSR count). The maximum atomic E-state index is 12.0. The van der Waals surface area contributed by atoms with Crippen LogP contribution in [0.3, 0.4) is 0 Å². The number of carbonyl (C=O) groups is 1. The maximum Gasteiger partial charge on any atom is 0.238 e. The van der Waals surface area contributed by atoms with E-state index in [4.69, 9.17) is 4.74 Å². The zero-order valence-corrected chi connectivity index (χ0v) is 15.0. The summed E-state index contributed by atoms with van der Waals surface area (Å²) in [7, 11) is 1.90. The fourth-order valence-electron chi connectivity index (χ4n) is 2.10. The van der Waals surface area contributed by atoms with Gasteiger partial charge >= 0.3 is 0 Å². The molecule has 0 saturated carbocycles. The van der Waals surface area contributed by atoms with Crippen LogP contribution in [0, 0.1) is 6.92 Å². The van der Waals surface area contributed by atoms with E-state index in [9.17, 15) is 4.79 Å². The summed E-state index contributed by atoms with van der Waals surface area (Å²) in [6.45, 7) is 3.57. The number of para-hydroxylation sites is 1. The van der Waals surface area contributed by atoms with Crippen LogP contribution in [0.25, 0.3) is 0 Å². The van der Waals surface area contributed by atoms with Gasteiger partial charge < -0.3 is 10.1 Å². The molecule has 0 spiro atoms. The molecule has 0 saturated heterocycles. The Bertz CT molecular complexity index is 661. The first-order valence-electron chi connectivity index (χ1n) is 7.47. The smallest absolute Gasteiger partial charge is 0.238 e. The molecule has 0 bridgehead atoms. The molecule has 0 radical (unpaired) electrons. The molecule has 4 nitrogen and oxygen atoms in total. The van der Waals surface area contributed by atoms with Gasteiger partial charge in [0.1, 0.15) is 12.4 Å². The Labute approximate surface area is 145 Å². The number of benzene rings is 2. The molecule has 0 unspecified atom stereocenters. The average Bonchev–Trinajstić information content (AvgIpc) is 2.49. The Kier molecular flexibility index (Phi) is 6.62. The van der Waals surface area contributed by atoms with Crippen molar-refractivity contribution in [1.29, 1.82) is 0 Å². The van der Waals surface area contributed by atoms with Crippen molar-refractivity contribution in [2.75, 3.05) is 32.1 Å². The van der Waals surface area contributed by atoms with E-state index in [1.54, 1.807) is 0 Å². The van der Waals surface area contributed by atoms with Crippen molar-refractivity contribution in [3.8, 4) is 5.75 Å². The lowest BCUT2D eigenvalue weighted by molar-refractivity contribution is -0.117. The number of nitrogens with zero attached hydrogens (tertiary/aromatic N) is 1. The van der Waals surface area contributed by atoms with Crippen LogP contribution in [-0.2, 0) is 4.79 Å². The van der Waals surface area contributed by atoms with Crippen molar-refractivity contribution in [3.05, 3.63) is 58.6 Å². The summed E-state index contributed by atoms with van der Waals surface area (Å²) in [5.41, 5.74) is 1.95. The molecule has 1 N–H and O–H groups in total. The highest BCUT2D eigenvalue weighted by Gasteiger charge is 2.08. The third-order valence-corrected chi connectivity index (χ3v) is 3.98. The second-order valence-corrected chi connectivity index (χ2v) is 6.29. The molecule has 0 aliphatic rings.